The number of carbonyl (C=O) groups is 2. The van der Waals surface area contributed by atoms with Gasteiger partial charge in [-0.2, -0.15) is 0 Å². The molecule has 106 valence electrons. The molecule has 1 N–H and O–H groups in total. The average Bonchev–Trinajstić information content (AvgIpc) is 2.36. The van der Waals surface area contributed by atoms with Gasteiger partial charge in [0.05, 0.1) is 4.92 Å². The number of rotatable bonds is 5. The van der Waals surface area contributed by atoms with Crippen molar-refractivity contribution in [1.82, 2.24) is 0 Å². The highest BCUT2D eigenvalue weighted by molar-refractivity contribution is 5.92. The van der Waals surface area contributed by atoms with E-state index in [4.69, 9.17) is 9.84 Å². The van der Waals surface area contributed by atoms with Gasteiger partial charge in [0.15, 0.2) is 0 Å². The van der Waals surface area contributed by atoms with E-state index in [1.165, 1.54) is 18.2 Å². The van der Waals surface area contributed by atoms with Gasteiger partial charge in [0.2, 0.25) is 5.75 Å². The molecule has 0 bridgehead atoms. The molecule has 1 aromatic carbocycles. The quantitative estimate of drug-likeness (QED) is 0.291. The van der Waals surface area contributed by atoms with Crippen LogP contribution in [0.25, 0.3) is 6.08 Å². The minimum absolute atomic E-state index is 0.125. The molecular formula is C13H13NO6. The van der Waals surface area contributed by atoms with E-state index in [2.05, 4.69) is 0 Å². The van der Waals surface area contributed by atoms with Gasteiger partial charge in [0.1, 0.15) is 0 Å². The number of carbonyl (C=O) groups excluding carboxylic acids is 1. The summed E-state index contributed by atoms with van der Waals surface area (Å²) < 4.78 is 4.72. The smallest absolute Gasteiger partial charge is 0.331 e. The van der Waals surface area contributed by atoms with Crippen molar-refractivity contribution in [1.29, 1.82) is 0 Å². The Hall–Kier alpha value is -2.70. The van der Waals surface area contributed by atoms with Gasteiger partial charge in [-0.3, -0.25) is 14.9 Å². The lowest BCUT2D eigenvalue weighted by molar-refractivity contribution is -0.385. The molecular weight excluding hydrogens is 266 g/mol. The first kappa shape index (κ1) is 15.4. The van der Waals surface area contributed by atoms with Crippen molar-refractivity contribution in [3.05, 3.63) is 39.4 Å². The number of nitrogens with zero attached hydrogens (tertiary/aromatic N) is 1. The SMILES string of the molecule is CCC(=Cc1ccc(OC(C)=O)c([N+](=O)[O-])c1)C(=O)O. The number of nitro groups is 1. The molecule has 0 spiro atoms. The van der Waals surface area contributed by atoms with E-state index < -0.39 is 22.5 Å². The molecule has 0 aliphatic carbocycles. The predicted molar refractivity (Wildman–Crippen MR) is 70.3 cm³/mol. The van der Waals surface area contributed by atoms with Crippen molar-refractivity contribution < 1.29 is 24.4 Å². The lowest BCUT2D eigenvalue weighted by Gasteiger charge is -2.04. The van der Waals surface area contributed by atoms with Gasteiger partial charge in [-0.1, -0.05) is 13.0 Å². The molecule has 7 nitrogen and oxygen atoms in total. The van der Waals surface area contributed by atoms with Gasteiger partial charge in [0.25, 0.3) is 0 Å². The van der Waals surface area contributed by atoms with Crippen LogP contribution in [-0.4, -0.2) is 22.0 Å². The second-order valence-electron chi connectivity index (χ2n) is 3.91. The van der Waals surface area contributed by atoms with Gasteiger partial charge >= 0.3 is 17.6 Å². The molecule has 0 aliphatic rings. The Labute approximate surface area is 114 Å². The number of nitro benzene ring substituents is 1. The topological polar surface area (TPSA) is 107 Å². The second-order valence-corrected chi connectivity index (χ2v) is 3.91. The molecule has 0 unspecified atom stereocenters. The van der Waals surface area contributed by atoms with Gasteiger partial charge in [-0.05, 0) is 24.1 Å². The molecule has 0 saturated carbocycles. The molecule has 0 atom stereocenters. The van der Waals surface area contributed by atoms with Gasteiger partial charge in [0, 0.05) is 18.6 Å². The highest BCUT2D eigenvalue weighted by Crippen LogP contribution is 2.29. The number of carboxylic acid groups (broad SMARTS) is 1. The molecule has 0 amide bonds. The van der Waals surface area contributed by atoms with Crippen molar-refractivity contribution in [2.24, 2.45) is 0 Å². The third kappa shape index (κ3) is 3.91. The van der Waals surface area contributed by atoms with E-state index in [0.29, 0.717) is 5.56 Å². The highest BCUT2D eigenvalue weighted by Gasteiger charge is 2.17. The third-order valence-electron chi connectivity index (χ3n) is 2.43. The zero-order valence-corrected chi connectivity index (χ0v) is 11.0. The Balaban J connectivity index is 3.26. The van der Waals surface area contributed by atoms with Crippen LogP contribution in [-0.2, 0) is 9.59 Å². The van der Waals surface area contributed by atoms with E-state index >= 15 is 0 Å². The maximum atomic E-state index is 10.9. The first-order valence-corrected chi connectivity index (χ1v) is 5.75. The highest BCUT2D eigenvalue weighted by atomic mass is 16.6. The van der Waals surface area contributed by atoms with Crippen molar-refractivity contribution >= 4 is 23.7 Å². The second kappa shape index (κ2) is 6.46. The van der Waals surface area contributed by atoms with E-state index in [1.54, 1.807) is 6.92 Å². The maximum absolute atomic E-state index is 10.9. The van der Waals surface area contributed by atoms with Gasteiger partial charge in [-0.15, -0.1) is 0 Å². The summed E-state index contributed by atoms with van der Waals surface area (Å²) in [6.07, 6.45) is 1.63. The summed E-state index contributed by atoms with van der Waals surface area (Å²) in [4.78, 5) is 32.0. The predicted octanol–water partition coefficient (Wildman–Crippen LogP) is 2.40. The van der Waals surface area contributed by atoms with Crippen molar-refractivity contribution in [3.63, 3.8) is 0 Å². The standard InChI is InChI=1S/C13H13NO6/c1-3-10(13(16)17)6-9-4-5-12(20-8(2)15)11(7-9)14(18)19/h4-7H,3H2,1-2H3,(H,16,17). The molecule has 0 fully saturated rings. The Morgan fingerprint density at radius 1 is 1.45 bits per heavy atom. The lowest BCUT2D eigenvalue weighted by Crippen LogP contribution is -2.04. The fourth-order valence-electron chi connectivity index (χ4n) is 1.52. The number of hydrogen-bond donors (Lipinski definition) is 1. The van der Waals surface area contributed by atoms with Crippen LogP contribution in [0, 0.1) is 10.1 Å². The Bertz CT molecular complexity index is 591. The van der Waals surface area contributed by atoms with E-state index in [-0.39, 0.29) is 17.7 Å². The summed E-state index contributed by atoms with van der Waals surface area (Å²) in [5, 5.41) is 19.8. The summed E-state index contributed by atoms with van der Waals surface area (Å²) in [5.41, 5.74) is 0.0844. The lowest BCUT2D eigenvalue weighted by atomic mass is 10.1. The van der Waals surface area contributed by atoms with E-state index in [0.717, 1.165) is 13.0 Å². The minimum atomic E-state index is -1.08. The Kier molecular flexibility index (Phi) is 4.96. The molecule has 20 heavy (non-hydrogen) atoms. The molecule has 0 radical (unpaired) electrons. The first-order chi connectivity index (χ1) is 9.35. The van der Waals surface area contributed by atoms with Crippen LogP contribution in [0.1, 0.15) is 25.8 Å². The number of ether oxygens (including phenoxy) is 1. The molecule has 1 aromatic rings. The van der Waals surface area contributed by atoms with Gasteiger partial charge in [-0.25, -0.2) is 4.79 Å². The Morgan fingerprint density at radius 3 is 2.55 bits per heavy atom. The molecule has 0 heterocycles. The molecule has 0 saturated heterocycles. The number of aliphatic carboxylic acids is 1. The van der Waals surface area contributed by atoms with E-state index in [1.807, 2.05) is 0 Å². The summed E-state index contributed by atoms with van der Waals surface area (Å²) in [7, 11) is 0. The maximum Gasteiger partial charge on any atom is 0.331 e. The summed E-state index contributed by atoms with van der Waals surface area (Å²) in [6, 6.07) is 3.88. The monoisotopic (exact) mass is 279 g/mol. The fourth-order valence-corrected chi connectivity index (χ4v) is 1.52. The molecule has 7 heteroatoms. The van der Waals surface area contributed by atoms with Crippen LogP contribution < -0.4 is 4.74 Å². The largest absolute Gasteiger partial charge is 0.478 e. The molecule has 1 rings (SSSR count). The third-order valence-corrected chi connectivity index (χ3v) is 2.43. The molecule has 0 aliphatic heterocycles. The summed E-state index contributed by atoms with van der Waals surface area (Å²) in [5.74, 6) is -1.93. The zero-order chi connectivity index (χ0) is 15.3. The average molecular weight is 279 g/mol. The molecule has 0 aromatic heterocycles. The van der Waals surface area contributed by atoms with Crippen LogP contribution in [0.2, 0.25) is 0 Å². The summed E-state index contributed by atoms with van der Waals surface area (Å²) >= 11 is 0. The number of benzene rings is 1. The van der Waals surface area contributed by atoms with Crippen LogP contribution in [0.5, 0.6) is 5.75 Å². The number of hydrogen-bond acceptors (Lipinski definition) is 5. The van der Waals surface area contributed by atoms with Crippen LogP contribution in [0.15, 0.2) is 23.8 Å². The van der Waals surface area contributed by atoms with Crippen LogP contribution in [0.4, 0.5) is 5.69 Å². The van der Waals surface area contributed by atoms with Crippen LogP contribution >= 0.6 is 0 Å². The van der Waals surface area contributed by atoms with Crippen molar-refractivity contribution in [2.75, 3.05) is 0 Å². The number of esters is 1. The van der Waals surface area contributed by atoms with Crippen LogP contribution in [0.3, 0.4) is 0 Å². The number of carboxylic acids is 1. The fraction of sp³-hybridized carbons (Fsp3) is 0.231. The first-order valence-electron chi connectivity index (χ1n) is 5.75. The summed E-state index contributed by atoms with van der Waals surface area (Å²) in [6.45, 7) is 2.80. The zero-order valence-electron chi connectivity index (χ0n) is 11.0. The minimum Gasteiger partial charge on any atom is -0.478 e. The Morgan fingerprint density at radius 2 is 2.10 bits per heavy atom. The van der Waals surface area contributed by atoms with Gasteiger partial charge < -0.3 is 9.84 Å². The van der Waals surface area contributed by atoms with Crippen molar-refractivity contribution in [3.8, 4) is 5.75 Å². The van der Waals surface area contributed by atoms with E-state index in [9.17, 15) is 19.7 Å². The normalized spacial score (nSPS) is 11.0. The van der Waals surface area contributed by atoms with Crippen molar-refractivity contribution in [2.45, 2.75) is 20.3 Å².